The molecule has 3 rings (SSSR count). The van der Waals surface area contributed by atoms with Gasteiger partial charge >= 0.3 is 0 Å². The highest BCUT2D eigenvalue weighted by atomic mass is 35.5. The first-order chi connectivity index (χ1) is 11.3. The maximum atomic E-state index is 13.4. The largest absolute Gasteiger partial charge is 0.377 e. The Morgan fingerprint density at radius 2 is 2.12 bits per heavy atom. The van der Waals surface area contributed by atoms with Crippen LogP contribution in [-0.4, -0.2) is 35.6 Å². The molecule has 1 amide bonds. The molecule has 1 aliphatic carbocycles. The first-order valence-corrected chi connectivity index (χ1v) is 9.15. The highest BCUT2D eigenvalue weighted by Gasteiger charge is 2.70. The van der Waals surface area contributed by atoms with Crippen LogP contribution in [0.3, 0.4) is 0 Å². The minimum absolute atomic E-state index is 0.0154. The lowest BCUT2D eigenvalue weighted by Crippen LogP contribution is -2.82. The van der Waals surface area contributed by atoms with E-state index in [1.807, 2.05) is 36.1 Å². The molecule has 1 aliphatic heterocycles. The van der Waals surface area contributed by atoms with Gasteiger partial charge in [-0.25, -0.2) is 0 Å². The number of nitrogens with two attached hydrogens (primary N) is 1. The van der Waals surface area contributed by atoms with E-state index >= 15 is 0 Å². The Balaban J connectivity index is 1.84. The summed E-state index contributed by atoms with van der Waals surface area (Å²) < 4.78 is 5.92. The number of hydrogen-bond acceptors (Lipinski definition) is 3. The summed E-state index contributed by atoms with van der Waals surface area (Å²) in [4.78, 5) is 15.2. The zero-order valence-electron chi connectivity index (χ0n) is 14.7. The van der Waals surface area contributed by atoms with Crippen molar-refractivity contribution in [2.45, 2.75) is 51.8 Å². The summed E-state index contributed by atoms with van der Waals surface area (Å²) in [5.41, 5.74) is 6.47. The molecule has 0 radical (unpaired) electrons. The average molecular weight is 351 g/mol. The number of carbonyl (C=O) groups excluding carboxylic acids is 1. The van der Waals surface area contributed by atoms with Crippen LogP contribution in [0.15, 0.2) is 24.3 Å². The van der Waals surface area contributed by atoms with Crippen LogP contribution in [0.1, 0.15) is 39.2 Å². The molecule has 0 bridgehead atoms. The first-order valence-electron chi connectivity index (χ1n) is 8.77. The third-order valence-electron chi connectivity index (χ3n) is 6.03. The second-order valence-corrected chi connectivity index (χ2v) is 7.95. The van der Waals surface area contributed by atoms with Crippen LogP contribution in [0.2, 0.25) is 5.02 Å². The molecule has 5 heteroatoms. The first kappa shape index (κ1) is 17.7. The van der Waals surface area contributed by atoms with Gasteiger partial charge in [0.15, 0.2) is 0 Å². The van der Waals surface area contributed by atoms with Crippen LogP contribution >= 0.6 is 11.6 Å². The van der Waals surface area contributed by atoms with Gasteiger partial charge in [0.05, 0.1) is 6.10 Å². The van der Waals surface area contributed by atoms with Gasteiger partial charge in [-0.3, -0.25) is 4.79 Å². The zero-order chi connectivity index (χ0) is 17.5. The lowest BCUT2D eigenvalue weighted by atomic mass is 9.46. The van der Waals surface area contributed by atoms with Crippen molar-refractivity contribution < 1.29 is 9.53 Å². The second-order valence-electron chi connectivity index (χ2n) is 7.54. The molecule has 1 aromatic carbocycles. The number of hydrogen-bond donors (Lipinski definition) is 1. The van der Waals surface area contributed by atoms with E-state index in [1.165, 1.54) is 0 Å². The predicted octanol–water partition coefficient (Wildman–Crippen LogP) is 3.22. The summed E-state index contributed by atoms with van der Waals surface area (Å²) in [7, 11) is 0. The van der Waals surface area contributed by atoms with Crippen molar-refractivity contribution in [1.82, 2.24) is 4.90 Å². The molecule has 2 fully saturated rings. The Morgan fingerprint density at radius 3 is 2.79 bits per heavy atom. The number of ether oxygens (including phenoxy) is 1. The second kappa shape index (κ2) is 6.32. The summed E-state index contributed by atoms with van der Waals surface area (Å²) in [6.45, 7) is 7.96. The van der Waals surface area contributed by atoms with Gasteiger partial charge in [-0.15, -0.1) is 0 Å². The smallest absolute Gasteiger partial charge is 0.243 e. The van der Waals surface area contributed by atoms with E-state index < -0.39 is 5.54 Å². The molecule has 2 aliphatic rings. The van der Waals surface area contributed by atoms with Crippen molar-refractivity contribution in [1.29, 1.82) is 0 Å². The van der Waals surface area contributed by atoms with E-state index in [-0.39, 0.29) is 23.3 Å². The minimum atomic E-state index is -0.866. The van der Waals surface area contributed by atoms with Crippen LogP contribution in [-0.2, 0) is 16.1 Å². The lowest BCUT2D eigenvalue weighted by Gasteiger charge is -2.65. The van der Waals surface area contributed by atoms with Gasteiger partial charge < -0.3 is 15.4 Å². The molecule has 24 heavy (non-hydrogen) atoms. The van der Waals surface area contributed by atoms with Crippen LogP contribution in [0.4, 0.5) is 0 Å². The molecular weight excluding hydrogens is 324 g/mol. The summed E-state index contributed by atoms with van der Waals surface area (Å²) >= 11 is 6.27. The molecule has 1 aromatic rings. The molecule has 0 aromatic heterocycles. The number of amides is 1. The Hall–Kier alpha value is -1.10. The molecule has 0 spiro atoms. The average Bonchev–Trinajstić information content (AvgIpc) is 2.59. The fourth-order valence-corrected chi connectivity index (χ4v) is 4.63. The van der Waals surface area contributed by atoms with Crippen molar-refractivity contribution in [2.75, 3.05) is 13.2 Å². The number of benzene rings is 1. The van der Waals surface area contributed by atoms with E-state index in [9.17, 15) is 4.79 Å². The van der Waals surface area contributed by atoms with Crippen LogP contribution in [0.25, 0.3) is 0 Å². The third-order valence-corrected chi connectivity index (χ3v) is 6.40. The van der Waals surface area contributed by atoms with E-state index in [4.69, 9.17) is 22.1 Å². The van der Waals surface area contributed by atoms with Crippen LogP contribution in [0.5, 0.6) is 0 Å². The van der Waals surface area contributed by atoms with Gasteiger partial charge in [-0.2, -0.15) is 0 Å². The van der Waals surface area contributed by atoms with Gasteiger partial charge in [0, 0.05) is 36.1 Å². The molecule has 4 nitrogen and oxygen atoms in total. The zero-order valence-corrected chi connectivity index (χ0v) is 15.5. The summed E-state index contributed by atoms with van der Waals surface area (Å²) in [6.07, 6.45) is 2.01. The highest BCUT2D eigenvalue weighted by molar-refractivity contribution is 6.31. The molecule has 132 valence electrons. The molecule has 2 N–H and O–H groups in total. The van der Waals surface area contributed by atoms with Gasteiger partial charge in [0.25, 0.3) is 0 Å². The molecule has 1 saturated carbocycles. The number of likely N-dealkylation sites (N-methyl/N-ethyl adjacent to an activating group) is 1. The fraction of sp³-hybridized carbons (Fsp3) is 0.632. The van der Waals surface area contributed by atoms with E-state index in [1.54, 1.807) is 0 Å². The van der Waals surface area contributed by atoms with Crippen molar-refractivity contribution in [3.05, 3.63) is 34.9 Å². The molecule has 1 heterocycles. The number of fused-ring (bicyclic) bond motifs is 1. The third kappa shape index (κ3) is 2.47. The standard InChI is InChI=1S/C19H27ClN2O2/c1-4-22(12-13-8-5-6-10-15(13)20)17(23)19(21)14-9-7-11-24-16(14)18(19,2)3/h5-6,8,10,14,16H,4,7,9,11-12,21H2,1-3H3. The Bertz CT molecular complexity index is 634. The predicted molar refractivity (Wildman–Crippen MR) is 95.7 cm³/mol. The number of carbonyl (C=O) groups is 1. The van der Waals surface area contributed by atoms with E-state index in [2.05, 4.69) is 13.8 Å². The van der Waals surface area contributed by atoms with Gasteiger partial charge in [0.2, 0.25) is 5.91 Å². The van der Waals surface area contributed by atoms with E-state index in [0.29, 0.717) is 18.1 Å². The number of halogens is 1. The summed E-state index contributed by atoms with van der Waals surface area (Å²) in [6, 6.07) is 7.65. The van der Waals surface area contributed by atoms with E-state index in [0.717, 1.165) is 25.0 Å². The Labute approximate surface area is 149 Å². The van der Waals surface area contributed by atoms with Crippen LogP contribution in [0, 0.1) is 11.3 Å². The molecular formula is C19H27ClN2O2. The van der Waals surface area contributed by atoms with Gasteiger partial charge in [0.1, 0.15) is 5.54 Å². The van der Waals surface area contributed by atoms with Crippen molar-refractivity contribution in [3.8, 4) is 0 Å². The molecule has 1 saturated heterocycles. The maximum absolute atomic E-state index is 13.4. The monoisotopic (exact) mass is 350 g/mol. The topological polar surface area (TPSA) is 55.6 Å². The minimum Gasteiger partial charge on any atom is -0.377 e. The Kier molecular flexibility index (Phi) is 4.67. The van der Waals surface area contributed by atoms with Crippen molar-refractivity contribution in [2.24, 2.45) is 17.1 Å². The number of nitrogens with zero attached hydrogens (tertiary/aromatic N) is 1. The van der Waals surface area contributed by atoms with Crippen LogP contribution < -0.4 is 5.73 Å². The molecule has 3 unspecified atom stereocenters. The SMILES string of the molecule is CCN(Cc1ccccc1Cl)C(=O)C1(N)C2CCCOC2C1(C)C. The maximum Gasteiger partial charge on any atom is 0.243 e. The van der Waals surface area contributed by atoms with Crippen molar-refractivity contribution in [3.63, 3.8) is 0 Å². The summed E-state index contributed by atoms with van der Waals surface area (Å²) in [5, 5.41) is 0.682. The summed E-state index contributed by atoms with van der Waals surface area (Å²) in [5.74, 6) is 0.121. The molecule has 3 atom stereocenters. The van der Waals surface area contributed by atoms with Gasteiger partial charge in [-0.1, -0.05) is 43.6 Å². The van der Waals surface area contributed by atoms with Gasteiger partial charge in [-0.05, 0) is 31.4 Å². The van der Waals surface area contributed by atoms with Crippen molar-refractivity contribution >= 4 is 17.5 Å². The normalized spacial score (nSPS) is 31.0. The highest BCUT2D eigenvalue weighted by Crippen LogP contribution is 2.58. The quantitative estimate of drug-likeness (QED) is 0.907. The Morgan fingerprint density at radius 1 is 1.42 bits per heavy atom. The lowest BCUT2D eigenvalue weighted by molar-refractivity contribution is -0.230. The number of rotatable bonds is 4. The fourth-order valence-electron chi connectivity index (χ4n) is 4.43.